The van der Waals surface area contributed by atoms with Gasteiger partial charge in [0, 0.05) is 12.1 Å². The first-order chi connectivity index (χ1) is 7.40. The van der Waals surface area contributed by atoms with E-state index in [0.717, 1.165) is 5.57 Å². The Hall–Kier alpha value is -0.700. The molecule has 0 saturated heterocycles. The molecule has 1 aromatic carbocycles. The lowest BCUT2D eigenvalue weighted by Crippen LogP contribution is -2.04. The predicted molar refractivity (Wildman–Crippen MR) is 66.5 cm³/mol. The van der Waals surface area contributed by atoms with Crippen molar-refractivity contribution in [3.8, 4) is 5.75 Å². The van der Waals surface area contributed by atoms with Gasteiger partial charge in [0.05, 0.1) is 15.1 Å². The average molecular weight is 280 g/mol. The number of rotatable bonds is 2. The molecule has 0 aromatic heterocycles. The Bertz CT molecular complexity index is 449. The topological polar surface area (TPSA) is 26.3 Å². The maximum absolute atomic E-state index is 11.3. The fourth-order valence-electron chi connectivity index (χ4n) is 0.956. The minimum Gasteiger partial charge on any atom is -0.422 e. The van der Waals surface area contributed by atoms with Crippen LogP contribution in [0, 0.1) is 0 Å². The lowest BCUT2D eigenvalue weighted by Gasteiger charge is -2.05. The van der Waals surface area contributed by atoms with Crippen molar-refractivity contribution in [2.24, 2.45) is 0 Å². The van der Waals surface area contributed by atoms with E-state index in [-0.39, 0.29) is 15.8 Å². The molecule has 0 aliphatic heterocycles. The number of carbonyl (C=O) groups is 1. The van der Waals surface area contributed by atoms with E-state index in [1.807, 2.05) is 0 Å². The average Bonchev–Trinajstić information content (AvgIpc) is 2.12. The number of allylic oxidation sites excluding steroid dienone is 1. The summed E-state index contributed by atoms with van der Waals surface area (Å²) >= 11 is 17.4. The van der Waals surface area contributed by atoms with Crippen molar-refractivity contribution in [3.05, 3.63) is 38.8 Å². The van der Waals surface area contributed by atoms with Gasteiger partial charge in [0.2, 0.25) is 0 Å². The van der Waals surface area contributed by atoms with Crippen LogP contribution in [0.4, 0.5) is 0 Å². The van der Waals surface area contributed by atoms with E-state index >= 15 is 0 Å². The fourth-order valence-corrected chi connectivity index (χ4v) is 1.53. The highest BCUT2D eigenvalue weighted by atomic mass is 35.5. The number of hydrogen-bond acceptors (Lipinski definition) is 2. The Kier molecular flexibility index (Phi) is 4.66. The molecule has 1 rings (SSSR count). The lowest BCUT2D eigenvalue weighted by atomic mass is 10.3. The number of halogens is 3. The molecule has 0 spiro atoms. The van der Waals surface area contributed by atoms with Crippen molar-refractivity contribution in [3.63, 3.8) is 0 Å². The van der Waals surface area contributed by atoms with Crippen LogP contribution in [-0.2, 0) is 4.79 Å². The first-order valence-corrected chi connectivity index (χ1v) is 5.55. The summed E-state index contributed by atoms with van der Waals surface area (Å²) in [6.45, 7) is 3.58. The van der Waals surface area contributed by atoms with Gasteiger partial charge < -0.3 is 4.74 Å². The van der Waals surface area contributed by atoms with Crippen LogP contribution in [0.3, 0.4) is 0 Å². The Balaban J connectivity index is 2.94. The van der Waals surface area contributed by atoms with Crippen LogP contribution in [-0.4, -0.2) is 5.97 Å². The molecule has 2 nitrogen and oxygen atoms in total. The van der Waals surface area contributed by atoms with Crippen LogP contribution in [0.5, 0.6) is 5.75 Å². The molecule has 0 atom stereocenters. The molecule has 0 aliphatic rings. The summed E-state index contributed by atoms with van der Waals surface area (Å²) in [4.78, 5) is 11.3. The summed E-state index contributed by atoms with van der Waals surface area (Å²) in [6, 6.07) is 2.83. The van der Waals surface area contributed by atoms with Gasteiger partial charge in [0.15, 0.2) is 5.75 Å². The summed E-state index contributed by atoms with van der Waals surface area (Å²) in [6.07, 6.45) is 1.36. The maximum atomic E-state index is 11.3. The van der Waals surface area contributed by atoms with Gasteiger partial charge in [-0.2, -0.15) is 0 Å². The Labute approximate surface area is 109 Å². The molecular formula is C11H9Cl3O2. The minimum absolute atomic E-state index is 0.193. The molecule has 0 unspecified atom stereocenters. The van der Waals surface area contributed by atoms with Crippen molar-refractivity contribution < 1.29 is 9.53 Å². The van der Waals surface area contributed by atoms with E-state index in [1.165, 1.54) is 18.2 Å². The Morgan fingerprint density at radius 2 is 1.69 bits per heavy atom. The second-order valence-electron chi connectivity index (χ2n) is 3.34. The summed E-state index contributed by atoms with van der Waals surface area (Å²) in [5, 5.41) is 0.838. The zero-order valence-corrected chi connectivity index (χ0v) is 11.0. The van der Waals surface area contributed by atoms with Gasteiger partial charge in [-0.25, -0.2) is 4.79 Å². The summed E-state index contributed by atoms with van der Waals surface area (Å²) < 4.78 is 5.00. The third-order valence-electron chi connectivity index (χ3n) is 1.59. The SMILES string of the molecule is CC(C)=CC(=O)Oc1cc(Cl)c(Cl)cc1Cl. The van der Waals surface area contributed by atoms with Crippen molar-refractivity contribution >= 4 is 40.8 Å². The highest BCUT2D eigenvalue weighted by molar-refractivity contribution is 6.43. The molecule has 0 N–H and O–H groups in total. The monoisotopic (exact) mass is 278 g/mol. The van der Waals surface area contributed by atoms with Crippen LogP contribution in [0.25, 0.3) is 0 Å². The second kappa shape index (κ2) is 5.58. The van der Waals surface area contributed by atoms with Gasteiger partial charge in [-0.1, -0.05) is 40.4 Å². The van der Waals surface area contributed by atoms with Crippen molar-refractivity contribution in [2.75, 3.05) is 0 Å². The zero-order valence-electron chi connectivity index (χ0n) is 8.68. The molecule has 0 amide bonds. The van der Waals surface area contributed by atoms with E-state index < -0.39 is 5.97 Å². The molecule has 86 valence electrons. The van der Waals surface area contributed by atoms with Crippen LogP contribution < -0.4 is 4.74 Å². The van der Waals surface area contributed by atoms with Gasteiger partial charge in [-0.15, -0.1) is 0 Å². The molecule has 0 saturated carbocycles. The molecule has 0 aliphatic carbocycles. The van der Waals surface area contributed by atoms with Crippen molar-refractivity contribution in [1.82, 2.24) is 0 Å². The molecule has 0 fully saturated rings. The van der Waals surface area contributed by atoms with Gasteiger partial charge in [-0.3, -0.25) is 0 Å². The van der Waals surface area contributed by atoms with Gasteiger partial charge >= 0.3 is 5.97 Å². The molecule has 0 radical (unpaired) electrons. The standard InChI is InChI=1S/C11H9Cl3O2/c1-6(2)3-11(15)16-10-5-8(13)7(12)4-9(10)14/h3-5H,1-2H3. The first-order valence-electron chi connectivity index (χ1n) is 4.41. The van der Waals surface area contributed by atoms with E-state index in [4.69, 9.17) is 39.5 Å². The van der Waals surface area contributed by atoms with Gasteiger partial charge in [0.25, 0.3) is 0 Å². The Morgan fingerprint density at radius 1 is 1.12 bits per heavy atom. The molecule has 16 heavy (non-hydrogen) atoms. The highest BCUT2D eigenvalue weighted by Crippen LogP contribution is 2.33. The summed E-state index contributed by atoms with van der Waals surface area (Å²) in [5.41, 5.74) is 0.834. The van der Waals surface area contributed by atoms with Gasteiger partial charge in [0.1, 0.15) is 0 Å². The fraction of sp³-hybridized carbons (Fsp3) is 0.182. The highest BCUT2D eigenvalue weighted by Gasteiger charge is 2.09. The second-order valence-corrected chi connectivity index (χ2v) is 4.56. The van der Waals surface area contributed by atoms with Crippen LogP contribution >= 0.6 is 34.8 Å². The van der Waals surface area contributed by atoms with Crippen LogP contribution in [0.1, 0.15) is 13.8 Å². The number of carbonyl (C=O) groups excluding carboxylic acids is 1. The van der Waals surface area contributed by atoms with Crippen LogP contribution in [0.2, 0.25) is 15.1 Å². The predicted octanol–water partition coefficient (Wildman–Crippen LogP) is 4.52. The number of esters is 1. The number of hydrogen-bond donors (Lipinski definition) is 0. The Morgan fingerprint density at radius 3 is 2.25 bits per heavy atom. The third kappa shape index (κ3) is 3.71. The lowest BCUT2D eigenvalue weighted by molar-refractivity contribution is -0.129. The molecule has 5 heteroatoms. The van der Waals surface area contributed by atoms with Crippen molar-refractivity contribution in [2.45, 2.75) is 13.8 Å². The molecule has 1 aromatic rings. The number of benzene rings is 1. The number of ether oxygens (including phenoxy) is 1. The van der Waals surface area contributed by atoms with Crippen molar-refractivity contribution in [1.29, 1.82) is 0 Å². The minimum atomic E-state index is -0.500. The summed E-state index contributed by atoms with van der Waals surface area (Å²) in [7, 11) is 0. The van der Waals surface area contributed by atoms with E-state index in [9.17, 15) is 4.79 Å². The molecule has 0 bridgehead atoms. The third-order valence-corrected chi connectivity index (χ3v) is 2.61. The van der Waals surface area contributed by atoms with E-state index in [0.29, 0.717) is 5.02 Å². The quantitative estimate of drug-likeness (QED) is 0.344. The van der Waals surface area contributed by atoms with E-state index in [2.05, 4.69) is 0 Å². The zero-order chi connectivity index (χ0) is 12.3. The van der Waals surface area contributed by atoms with Gasteiger partial charge in [-0.05, 0) is 19.9 Å². The maximum Gasteiger partial charge on any atom is 0.336 e. The normalized spacial score (nSPS) is 9.81. The van der Waals surface area contributed by atoms with E-state index in [1.54, 1.807) is 13.8 Å². The van der Waals surface area contributed by atoms with Crippen LogP contribution in [0.15, 0.2) is 23.8 Å². The molecular weight excluding hydrogens is 270 g/mol. The molecule has 0 heterocycles. The first kappa shape index (κ1) is 13.4. The smallest absolute Gasteiger partial charge is 0.336 e. The summed E-state index contributed by atoms with van der Waals surface area (Å²) in [5.74, 6) is -0.307. The largest absolute Gasteiger partial charge is 0.422 e.